The summed E-state index contributed by atoms with van der Waals surface area (Å²) in [5.74, 6) is 0.364. The van der Waals surface area contributed by atoms with E-state index in [9.17, 15) is 9.90 Å². The summed E-state index contributed by atoms with van der Waals surface area (Å²) < 4.78 is 1.61. The Hall–Kier alpha value is -2.03. The molecule has 3 aromatic heterocycles. The monoisotopic (exact) mass is 348 g/mol. The average molecular weight is 348 g/mol. The summed E-state index contributed by atoms with van der Waals surface area (Å²) in [5.41, 5.74) is 1.50. The molecule has 1 amide bonds. The van der Waals surface area contributed by atoms with E-state index >= 15 is 0 Å². The molecule has 0 radical (unpaired) electrons. The molecule has 0 aromatic carbocycles. The fraction of sp³-hybridized carbons (Fsp3) is 0.267. The van der Waals surface area contributed by atoms with Crippen molar-refractivity contribution in [2.45, 2.75) is 20.4 Å². The Balaban J connectivity index is 1.89. The van der Waals surface area contributed by atoms with Gasteiger partial charge in [-0.3, -0.25) is 4.79 Å². The number of amides is 1. The third-order valence-electron chi connectivity index (χ3n) is 3.22. The van der Waals surface area contributed by atoms with Gasteiger partial charge < -0.3 is 10.4 Å². The lowest BCUT2D eigenvalue weighted by molar-refractivity contribution is 0.102. The van der Waals surface area contributed by atoms with Crippen molar-refractivity contribution in [3.8, 4) is 10.6 Å². The highest BCUT2D eigenvalue weighted by Gasteiger charge is 2.17. The molecular weight excluding hydrogens is 332 g/mol. The zero-order chi connectivity index (χ0) is 16.4. The number of aryl methyl sites for hydroxylation is 2. The lowest BCUT2D eigenvalue weighted by Crippen LogP contribution is -2.16. The fourth-order valence-electron chi connectivity index (χ4n) is 2.24. The Bertz CT molecular complexity index is 821. The van der Waals surface area contributed by atoms with Gasteiger partial charge >= 0.3 is 0 Å². The number of nitrogens with one attached hydrogen (secondary N) is 1. The Morgan fingerprint density at radius 3 is 2.87 bits per heavy atom. The predicted molar refractivity (Wildman–Crippen MR) is 92.2 cm³/mol. The van der Waals surface area contributed by atoms with Gasteiger partial charge in [-0.2, -0.15) is 5.10 Å². The molecule has 0 unspecified atom stereocenters. The molecular formula is C15H16N4O2S2. The molecule has 0 bridgehead atoms. The third-order valence-corrected chi connectivity index (χ3v) is 5.18. The predicted octanol–water partition coefficient (Wildman–Crippen LogP) is 2.93. The Kier molecular flexibility index (Phi) is 4.56. The maximum absolute atomic E-state index is 12.5. The highest BCUT2D eigenvalue weighted by molar-refractivity contribution is 7.14. The number of anilines is 1. The van der Waals surface area contributed by atoms with Gasteiger partial charge in [-0.1, -0.05) is 6.07 Å². The van der Waals surface area contributed by atoms with Crippen molar-refractivity contribution in [2.24, 2.45) is 0 Å². The van der Waals surface area contributed by atoms with Crippen LogP contribution in [0.15, 0.2) is 23.6 Å². The molecule has 0 aliphatic rings. The summed E-state index contributed by atoms with van der Waals surface area (Å²) >= 11 is 2.94. The molecule has 120 valence electrons. The zero-order valence-electron chi connectivity index (χ0n) is 12.7. The summed E-state index contributed by atoms with van der Waals surface area (Å²) in [6, 6.07) is 5.74. The van der Waals surface area contributed by atoms with E-state index in [1.54, 1.807) is 16.0 Å². The quantitative estimate of drug-likeness (QED) is 0.743. The second-order valence-electron chi connectivity index (χ2n) is 4.94. The van der Waals surface area contributed by atoms with Crippen LogP contribution in [0.1, 0.15) is 20.4 Å². The van der Waals surface area contributed by atoms with Crippen molar-refractivity contribution in [1.29, 1.82) is 0 Å². The van der Waals surface area contributed by atoms with Gasteiger partial charge in [0.2, 0.25) is 0 Å². The van der Waals surface area contributed by atoms with E-state index in [4.69, 9.17) is 0 Å². The lowest BCUT2D eigenvalue weighted by Gasteiger charge is -2.06. The van der Waals surface area contributed by atoms with Crippen LogP contribution in [0.2, 0.25) is 0 Å². The van der Waals surface area contributed by atoms with Crippen LogP contribution in [0.25, 0.3) is 10.6 Å². The van der Waals surface area contributed by atoms with Crippen molar-refractivity contribution >= 4 is 34.4 Å². The van der Waals surface area contributed by atoms with Gasteiger partial charge in [0.05, 0.1) is 28.7 Å². The van der Waals surface area contributed by atoms with Gasteiger partial charge in [0.15, 0.2) is 0 Å². The van der Waals surface area contributed by atoms with E-state index < -0.39 is 0 Å². The van der Waals surface area contributed by atoms with Gasteiger partial charge in [0, 0.05) is 6.07 Å². The van der Waals surface area contributed by atoms with E-state index in [0.717, 1.165) is 21.3 Å². The molecule has 8 heteroatoms. The number of carbonyl (C=O) groups excluding carboxylic acids is 1. The first-order chi connectivity index (χ1) is 11.1. The number of nitrogens with zero attached hydrogens (tertiary/aromatic N) is 3. The number of thiophene rings is 1. The van der Waals surface area contributed by atoms with Crippen LogP contribution in [0.3, 0.4) is 0 Å². The van der Waals surface area contributed by atoms with E-state index in [-0.39, 0.29) is 12.5 Å². The molecule has 0 saturated carbocycles. The van der Waals surface area contributed by atoms with Crippen molar-refractivity contribution in [3.63, 3.8) is 0 Å². The smallest absolute Gasteiger partial charge is 0.268 e. The van der Waals surface area contributed by atoms with Gasteiger partial charge in [-0.05, 0) is 25.3 Å². The van der Waals surface area contributed by atoms with Crippen molar-refractivity contribution in [2.75, 3.05) is 11.9 Å². The van der Waals surface area contributed by atoms with Crippen LogP contribution in [-0.2, 0) is 6.54 Å². The lowest BCUT2D eigenvalue weighted by atomic mass is 10.3. The van der Waals surface area contributed by atoms with Gasteiger partial charge in [-0.25, -0.2) is 9.67 Å². The zero-order valence-corrected chi connectivity index (χ0v) is 14.4. The summed E-state index contributed by atoms with van der Waals surface area (Å²) in [5, 5.41) is 19.4. The normalized spacial score (nSPS) is 10.9. The molecule has 3 heterocycles. The Labute approximate surface area is 141 Å². The molecule has 23 heavy (non-hydrogen) atoms. The SMILES string of the molecule is Cc1nc(C)c(C(=O)Nc2cc(-c3cccs3)nn2CCO)s1. The van der Waals surface area contributed by atoms with Gasteiger partial charge in [-0.15, -0.1) is 22.7 Å². The number of rotatable bonds is 5. The van der Waals surface area contributed by atoms with Crippen LogP contribution >= 0.6 is 22.7 Å². The first-order valence-corrected chi connectivity index (χ1v) is 8.76. The number of aromatic nitrogens is 3. The summed E-state index contributed by atoms with van der Waals surface area (Å²) in [6.07, 6.45) is 0. The Morgan fingerprint density at radius 2 is 2.26 bits per heavy atom. The third kappa shape index (κ3) is 3.34. The van der Waals surface area contributed by atoms with Gasteiger partial charge in [0.1, 0.15) is 16.4 Å². The summed E-state index contributed by atoms with van der Waals surface area (Å²) in [4.78, 5) is 18.3. The van der Waals surface area contributed by atoms with Crippen LogP contribution in [0.5, 0.6) is 0 Å². The van der Waals surface area contributed by atoms with Crippen LogP contribution < -0.4 is 5.32 Å². The van der Waals surface area contributed by atoms with E-state index in [1.807, 2.05) is 37.4 Å². The van der Waals surface area contributed by atoms with Crippen molar-refractivity contribution < 1.29 is 9.90 Å². The van der Waals surface area contributed by atoms with Crippen LogP contribution in [-0.4, -0.2) is 32.4 Å². The molecule has 3 rings (SSSR count). The largest absolute Gasteiger partial charge is 0.394 e. The molecule has 0 saturated heterocycles. The highest BCUT2D eigenvalue weighted by Crippen LogP contribution is 2.27. The highest BCUT2D eigenvalue weighted by atomic mass is 32.1. The topological polar surface area (TPSA) is 80.0 Å². The molecule has 0 fully saturated rings. The first kappa shape index (κ1) is 15.9. The molecule has 2 N–H and O–H groups in total. The molecule has 0 atom stereocenters. The molecule has 3 aromatic rings. The van der Waals surface area contributed by atoms with Gasteiger partial charge in [0.25, 0.3) is 5.91 Å². The minimum absolute atomic E-state index is 0.0485. The number of aliphatic hydroxyl groups excluding tert-OH is 1. The van der Waals surface area contributed by atoms with Crippen LogP contribution in [0.4, 0.5) is 5.82 Å². The van der Waals surface area contributed by atoms with Crippen LogP contribution in [0, 0.1) is 13.8 Å². The minimum atomic E-state index is -0.204. The average Bonchev–Trinajstić information content (AvgIpc) is 3.20. The molecule has 6 nitrogen and oxygen atoms in total. The second-order valence-corrected chi connectivity index (χ2v) is 7.09. The second kappa shape index (κ2) is 6.61. The summed E-state index contributed by atoms with van der Waals surface area (Å²) in [7, 11) is 0. The van der Waals surface area contributed by atoms with E-state index in [0.29, 0.717) is 17.2 Å². The molecule has 0 aliphatic heterocycles. The van der Waals surface area contributed by atoms with E-state index in [1.165, 1.54) is 11.3 Å². The Morgan fingerprint density at radius 1 is 1.43 bits per heavy atom. The minimum Gasteiger partial charge on any atom is -0.394 e. The maximum Gasteiger partial charge on any atom is 0.268 e. The first-order valence-electron chi connectivity index (χ1n) is 7.06. The van der Waals surface area contributed by atoms with Crippen molar-refractivity contribution in [1.82, 2.24) is 14.8 Å². The fourth-order valence-corrected chi connectivity index (χ4v) is 3.74. The maximum atomic E-state index is 12.5. The standard InChI is InChI=1S/C15H16N4O2S2/c1-9-14(23-10(2)16-9)15(21)17-13-8-11(12-4-3-7-22-12)18-19(13)5-6-20/h3-4,7-8,20H,5-6H2,1-2H3,(H,17,21). The number of hydrogen-bond donors (Lipinski definition) is 2. The number of aliphatic hydroxyl groups is 1. The molecule has 0 aliphatic carbocycles. The molecule has 0 spiro atoms. The number of hydrogen-bond acceptors (Lipinski definition) is 6. The summed E-state index contributed by atoms with van der Waals surface area (Å²) in [6.45, 7) is 3.97. The van der Waals surface area contributed by atoms with E-state index in [2.05, 4.69) is 15.4 Å². The number of thiazole rings is 1. The van der Waals surface area contributed by atoms with Crippen molar-refractivity contribution in [3.05, 3.63) is 39.2 Å². The number of carbonyl (C=O) groups is 1.